The summed E-state index contributed by atoms with van der Waals surface area (Å²) in [5, 5.41) is 30.7. The molecule has 0 fully saturated rings. The van der Waals surface area contributed by atoms with Gasteiger partial charge in [-0.1, -0.05) is 0 Å². The van der Waals surface area contributed by atoms with Gasteiger partial charge in [0.05, 0.1) is 0 Å². The minimum atomic E-state index is -2.90. The topological polar surface area (TPSA) is 107 Å². The average Bonchev–Trinajstić information content (AvgIpc) is 1.71. The van der Waals surface area contributed by atoms with Gasteiger partial charge in [0, 0.05) is 0 Å². The highest BCUT2D eigenvalue weighted by Crippen LogP contribution is 1.84. The van der Waals surface area contributed by atoms with E-state index in [-0.39, 0.29) is 0 Å². The van der Waals surface area contributed by atoms with Crippen LogP contribution in [-0.4, -0.2) is 40.1 Å². The lowest BCUT2D eigenvalue weighted by Crippen LogP contribution is -2.31. The van der Waals surface area contributed by atoms with Crippen molar-refractivity contribution in [3.63, 3.8) is 0 Å². The van der Waals surface area contributed by atoms with Crippen LogP contribution in [0.1, 0.15) is 0 Å². The van der Waals surface area contributed by atoms with Crippen LogP contribution in [0.5, 0.6) is 0 Å². The Bertz CT molecular complexity index is 41.0. The van der Waals surface area contributed by atoms with E-state index in [0.717, 1.165) is 0 Å². The molecule has 0 rings (SSSR count). The third-order valence-corrected chi connectivity index (χ3v) is 0.212. The van der Waals surface area contributed by atoms with Crippen molar-refractivity contribution in [1.29, 1.82) is 0 Å². The van der Waals surface area contributed by atoms with Crippen LogP contribution in [0.4, 0.5) is 0 Å². The molecule has 5 nitrogen and oxygen atoms in total. The number of hydrogen-bond acceptors (Lipinski definition) is 5. The smallest absolute Gasteiger partial charge is 0.299 e. The lowest BCUT2D eigenvalue weighted by atomic mass is 10.6. The first-order valence-electron chi connectivity index (χ1n) is 1.92. The third-order valence-electron chi connectivity index (χ3n) is 0.212. The SMILES string of the molecule is CN.OCC(O)(O)O. The molecule has 0 atom stereocenters. The van der Waals surface area contributed by atoms with Gasteiger partial charge in [-0.2, -0.15) is 0 Å². The van der Waals surface area contributed by atoms with E-state index in [2.05, 4.69) is 5.73 Å². The first kappa shape index (κ1) is 10.7. The van der Waals surface area contributed by atoms with Gasteiger partial charge in [0.15, 0.2) is 0 Å². The van der Waals surface area contributed by atoms with Gasteiger partial charge in [-0.15, -0.1) is 0 Å². The van der Waals surface area contributed by atoms with E-state index in [1.807, 2.05) is 0 Å². The summed E-state index contributed by atoms with van der Waals surface area (Å²) in [4.78, 5) is 0. The summed E-state index contributed by atoms with van der Waals surface area (Å²) in [6, 6.07) is 0. The fraction of sp³-hybridized carbons (Fsp3) is 1.00. The number of hydrogen-bond donors (Lipinski definition) is 5. The second-order valence-corrected chi connectivity index (χ2v) is 0.932. The second-order valence-electron chi connectivity index (χ2n) is 0.932. The van der Waals surface area contributed by atoms with Crippen molar-refractivity contribution in [3.05, 3.63) is 0 Å². The largest absolute Gasteiger partial charge is 0.388 e. The van der Waals surface area contributed by atoms with Crippen LogP contribution in [0.15, 0.2) is 0 Å². The van der Waals surface area contributed by atoms with Crippen molar-refractivity contribution in [3.8, 4) is 0 Å². The second kappa shape index (κ2) is 4.95. The normalized spacial score (nSPS) is 9.75. The van der Waals surface area contributed by atoms with E-state index < -0.39 is 12.6 Å². The maximum absolute atomic E-state index is 7.69. The molecule has 6 N–H and O–H groups in total. The van der Waals surface area contributed by atoms with Crippen LogP contribution in [-0.2, 0) is 0 Å². The molecule has 0 aliphatic heterocycles. The molecule has 0 aromatic rings. The maximum Gasteiger partial charge on any atom is 0.299 e. The summed E-state index contributed by atoms with van der Waals surface area (Å²) in [6.45, 7) is -1.06. The molecule has 0 radical (unpaired) electrons. The molecular formula is C3H11NO4. The molecule has 0 aromatic heterocycles. The molecule has 0 aromatic carbocycles. The first-order chi connectivity index (χ1) is 3.56. The van der Waals surface area contributed by atoms with Crippen molar-refractivity contribution >= 4 is 0 Å². The number of rotatable bonds is 1. The molecule has 5 heteroatoms. The number of aliphatic hydroxyl groups is 4. The Morgan fingerprint density at radius 2 is 1.38 bits per heavy atom. The zero-order chi connectivity index (χ0) is 7.21. The van der Waals surface area contributed by atoms with Gasteiger partial charge >= 0.3 is 0 Å². The van der Waals surface area contributed by atoms with Crippen LogP contribution in [0, 0.1) is 0 Å². The van der Waals surface area contributed by atoms with Gasteiger partial charge in [0.2, 0.25) is 0 Å². The van der Waals surface area contributed by atoms with Gasteiger partial charge in [-0.25, -0.2) is 0 Å². The molecule has 8 heavy (non-hydrogen) atoms. The average molecular weight is 125 g/mol. The van der Waals surface area contributed by atoms with Crippen LogP contribution in [0.3, 0.4) is 0 Å². The Kier molecular flexibility index (Phi) is 6.63. The van der Waals surface area contributed by atoms with Crippen molar-refractivity contribution in [1.82, 2.24) is 0 Å². The predicted octanol–water partition coefficient (Wildman–Crippen LogP) is -2.82. The van der Waals surface area contributed by atoms with Gasteiger partial charge in [0.25, 0.3) is 5.97 Å². The lowest BCUT2D eigenvalue weighted by molar-refractivity contribution is -0.326. The van der Waals surface area contributed by atoms with Gasteiger partial charge in [0.1, 0.15) is 6.61 Å². The summed E-state index contributed by atoms with van der Waals surface area (Å²) in [5.41, 5.74) is 4.50. The summed E-state index contributed by atoms with van der Waals surface area (Å²) in [6.07, 6.45) is 0. The monoisotopic (exact) mass is 125 g/mol. The lowest BCUT2D eigenvalue weighted by Gasteiger charge is -2.07. The fourth-order valence-corrected chi connectivity index (χ4v) is 0. The van der Waals surface area contributed by atoms with Crippen LogP contribution in [0.2, 0.25) is 0 Å². The van der Waals surface area contributed by atoms with Crippen molar-refractivity contribution in [2.24, 2.45) is 5.73 Å². The van der Waals surface area contributed by atoms with Gasteiger partial charge < -0.3 is 26.2 Å². The third kappa shape index (κ3) is 17.0. The van der Waals surface area contributed by atoms with E-state index in [0.29, 0.717) is 0 Å². The molecule has 0 aliphatic carbocycles. The molecule has 0 heterocycles. The Labute approximate surface area is 47.0 Å². The highest BCUT2D eigenvalue weighted by Gasteiger charge is 2.13. The van der Waals surface area contributed by atoms with E-state index >= 15 is 0 Å². The molecule has 0 spiro atoms. The Balaban J connectivity index is 0. The zero-order valence-corrected chi connectivity index (χ0v) is 4.57. The molecule has 0 bridgehead atoms. The quantitative estimate of drug-likeness (QED) is 0.243. The number of nitrogens with two attached hydrogens (primary N) is 1. The molecule has 0 saturated carbocycles. The number of aliphatic hydroxyl groups excluding tert-OH is 1. The summed E-state index contributed by atoms with van der Waals surface area (Å²) < 4.78 is 0. The maximum atomic E-state index is 7.69. The van der Waals surface area contributed by atoms with Gasteiger partial charge in [-0.05, 0) is 7.05 Å². The van der Waals surface area contributed by atoms with E-state index in [1.165, 1.54) is 7.05 Å². The molecule has 0 amide bonds. The van der Waals surface area contributed by atoms with Crippen molar-refractivity contribution in [2.45, 2.75) is 5.97 Å². The summed E-state index contributed by atoms with van der Waals surface area (Å²) >= 11 is 0. The van der Waals surface area contributed by atoms with Crippen LogP contribution in [0.25, 0.3) is 0 Å². The molecule has 0 aliphatic rings. The van der Waals surface area contributed by atoms with Crippen molar-refractivity contribution in [2.75, 3.05) is 13.7 Å². The fourth-order valence-electron chi connectivity index (χ4n) is 0. The molecule has 0 saturated heterocycles. The van der Waals surface area contributed by atoms with Crippen LogP contribution < -0.4 is 5.73 Å². The van der Waals surface area contributed by atoms with Crippen molar-refractivity contribution < 1.29 is 20.4 Å². The Morgan fingerprint density at radius 3 is 1.38 bits per heavy atom. The van der Waals surface area contributed by atoms with Crippen LogP contribution >= 0.6 is 0 Å². The Morgan fingerprint density at radius 1 is 1.25 bits per heavy atom. The molecule has 52 valence electrons. The highest BCUT2D eigenvalue weighted by atomic mass is 16.7. The van der Waals surface area contributed by atoms with E-state index in [9.17, 15) is 0 Å². The Hall–Kier alpha value is -0.200. The highest BCUT2D eigenvalue weighted by molar-refractivity contribution is 4.35. The first-order valence-corrected chi connectivity index (χ1v) is 1.92. The molecular weight excluding hydrogens is 114 g/mol. The minimum Gasteiger partial charge on any atom is -0.388 e. The molecule has 0 unspecified atom stereocenters. The summed E-state index contributed by atoms with van der Waals surface area (Å²) in [7, 11) is 1.50. The predicted molar refractivity (Wildman–Crippen MR) is 26.6 cm³/mol. The standard InChI is InChI=1S/C2H6O4.CH5N/c3-1-2(4,5)6;1-2/h3-6H,1H2;2H2,1H3. The van der Waals surface area contributed by atoms with E-state index in [4.69, 9.17) is 20.4 Å². The van der Waals surface area contributed by atoms with Gasteiger partial charge in [-0.3, -0.25) is 0 Å². The van der Waals surface area contributed by atoms with E-state index in [1.54, 1.807) is 0 Å². The zero-order valence-electron chi connectivity index (χ0n) is 4.57. The summed E-state index contributed by atoms with van der Waals surface area (Å²) in [5.74, 6) is -2.90. The minimum absolute atomic E-state index is 1.06.